The average molecular weight is 425 g/mol. The van der Waals surface area contributed by atoms with E-state index in [4.69, 9.17) is 9.47 Å². The first-order valence-electron chi connectivity index (χ1n) is 10.8. The fourth-order valence-electron chi connectivity index (χ4n) is 4.09. The Bertz CT molecular complexity index is 935. The molecule has 3 rings (SSSR count). The van der Waals surface area contributed by atoms with E-state index in [1.807, 2.05) is 49.6 Å². The molecule has 1 fully saturated rings. The van der Waals surface area contributed by atoms with Crippen LogP contribution in [0.1, 0.15) is 36.6 Å². The minimum atomic E-state index is -0.105. The molecule has 1 aliphatic heterocycles. The van der Waals surface area contributed by atoms with Gasteiger partial charge in [-0.1, -0.05) is 0 Å². The van der Waals surface area contributed by atoms with E-state index in [0.717, 1.165) is 61.8 Å². The number of carbonyl (C=O) groups is 1. The Morgan fingerprint density at radius 1 is 1.23 bits per heavy atom. The molecule has 2 aromatic rings. The van der Waals surface area contributed by atoms with E-state index < -0.39 is 0 Å². The predicted molar refractivity (Wildman–Crippen MR) is 121 cm³/mol. The van der Waals surface area contributed by atoms with Crippen molar-refractivity contribution < 1.29 is 14.3 Å². The maximum Gasteiger partial charge on any atom is 0.239 e. The normalized spacial score (nSPS) is 14.9. The van der Waals surface area contributed by atoms with Gasteiger partial charge in [0.1, 0.15) is 17.6 Å². The number of nitrogens with zero attached hydrogens (tertiary/aromatic N) is 3. The highest BCUT2D eigenvalue weighted by molar-refractivity contribution is 5.93. The van der Waals surface area contributed by atoms with E-state index in [1.165, 1.54) is 0 Å². The lowest BCUT2D eigenvalue weighted by atomic mass is 9.98. The fourth-order valence-corrected chi connectivity index (χ4v) is 4.09. The quantitative estimate of drug-likeness (QED) is 0.700. The van der Waals surface area contributed by atoms with Crippen LogP contribution in [0.25, 0.3) is 5.69 Å². The highest BCUT2D eigenvalue weighted by Gasteiger charge is 2.24. The second-order valence-corrected chi connectivity index (χ2v) is 8.01. The van der Waals surface area contributed by atoms with Gasteiger partial charge in [0.2, 0.25) is 5.91 Å². The van der Waals surface area contributed by atoms with Gasteiger partial charge in [-0.05, 0) is 82.4 Å². The number of nitriles is 1. The summed E-state index contributed by atoms with van der Waals surface area (Å²) >= 11 is 0. The van der Waals surface area contributed by atoms with E-state index >= 15 is 0 Å². The molecule has 31 heavy (non-hydrogen) atoms. The third kappa shape index (κ3) is 5.27. The van der Waals surface area contributed by atoms with E-state index in [9.17, 15) is 10.1 Å². The molecule has 0 atom stereocenters. The summed E-state index contributed by atoms with van der Waals surface area (Å²) in [6, 6.07) is 9.85. The number of carbonyl (C=O) groups excluding carboxylic acids is 1. The average Bonchev–Trinajstić information content (AvgIpc) is 3.02. The minimum absolute atomic E-state index is 0.105. The Labute approximate surface area is 184 Å². The summed E-state index contributed by atoms with van der Waals surface area (Å²) in [5.41, 5.74) is 3.16. The van der Waals surface area contributed by atoms with Gasteiger partial charge in [0.05, 0.1) is 19.2 Å². The highest BCUT2D eigenvalue weighted by atomic mass is 16.5. The Hall–Kier alpha value is -2.82. The molecule has 1 N–H and O–H groups in total. The van der Waals surface area contributed by atoms with Crippen molar-refractivity contribution in [2.45, 2.75) is 33.6 Å². The lowest BCUT2D eigenvalue weighted by molar-refractivity contribution is -0.117. The summed E-state index contributed by atoms with van der Waals surface area (Å²) in [4.78, 5) is 15.1. The first-order chi connectivity index (χ1) is 15.0. The summed E-state index contributed by atoms with van der Waals surface area (Å²) < 4.78 is 12.7. The number of benzene rings is 1. The van der Waals surface area contributed by atoms with Gasteiger partial charge in [-0.3, -0.25) is 14.3 Å². The van der Waals surface area contributed by atoms with Gasteiger partial charge in [-0.2, -0.15) is 5.26 Å². The van der Waals surface area contributed by atoms with Crippen LogP contribution < -0.4 is 10.1 Å². The summed E-state index contributed by atoms with van der Waals surface area (Å²) in [6.45, 7) is 9.51. The van der Waals surface area contributed by atoms with Gasteiger partial charge in [0.25, 0.3) is 0 Å². The van der Waals surface area contributed by atoms with E-state index in [-0.39, 0.29) is 5.91 Å². The molecule has 0 radical (unpaired) electrons. The molecule has 1 saturated heterocycles. The maximum absolute atomic E-state index is 12.9. The van der Waals surface area contributed by atoms with Gasteiger partial charge in [-0.25, -0.2) is 0 Å². The maximum atomic E-state index is 12.9. The van der Waals surface area contributed by atoms with E-state index in [0.29, 0.717) is 23.8 Å². The molecule has 0 bridgehead atoms. The van der Waals surface area contributed by atoms with Crippen molar-refractivity contribution in [1.82, 2.24) is 9.47 Å². The highest BCUT2D eigenvalue weighted by Crippen LogP contribution is 2.30. The van der Waals surface area contributed by atoms with E-state index in [2.05, 4.69) is 16.3 Å². The monoisotopic (exact) mass is 424 g/mol. The van der Waals surface area contributed by atoms with Crippen molar-refractivity contribution >= 4 is 11.7 Å². The predicted octanol–water partition coefficient (Wildman–Crippen LogP) is 3.66. The van der Waals surface area contributed by atoms with Crippen LogP contribution in [-0.2, 0) is 9.53 Å². The Morgan fingerprint density at radius 2 is 1.90 bits per heavy atom. The molecule has 0 aliphatic carbocycles. The third-order valence-electron chi connectivity index (χ3n) is 6.05. The van der Waals surface area contributed by atoms with Crippen LogP contribution in [0.5, 0.6) is 5.75 Å². The largest absolute Gasteiger partial charge is 0.497 e. The topological polar surface area (TPSA) is 79.5 Å². The zero-order valence-corrected chi connectivity index (χ0v) is 18.9. The number of piperidine rings is 1. The van der Waals surface area contributed by atoms with E-state index in [1.54, 1.807) is 7.11 Å². The lowest BCUT2D eigenvalue weighted by Crippen LogP contribution is -2.40. The zero-order chi connectivity index (χ0) is 22.4. The number of nitrogens with one attached hydrogen (secondary N) is 1. The number of rotatable bonds is 8. The summed E-state index contributed by atoms with van der Waals surface area (Å²) in [6.07, 6.45) is 2.08. The molecular weight excluding hydrogens is 392 g/mol. The van der Waals surface area contributed by atoms with Gasteiger partial charge < -0.3 is 14.8 Å². The number of likely N-dealkylation sites (tertiary alicyclic amines) is 1. The number of methoxy groups -OCH3 is 1. The van der Waals surface area contributed by atoms with Crippen molar-refractivity contribution in [2.75, 3.05) is 45.3 Å². The summed E-state index contributed by atoms with van der Waals surface area (Å²) in [7, 11) is 1.62. The second kappa shape index (κ2) is 10.5. The van der Waals surface area contributed by atoms with Crippen LogP contribution in [0.15, 0.2) is 24.3 Å². The Balaban J connectivity index is 1.74. The standard InChI is InChI=1S/C24H32N4O3/c1-5-31-16-19-10-12-27(13-11-19)15-23(29)26-24-22(14-25)17(2)18(3)28(24)20-6-8-21(30-4)9-7-20/h6-9,19H,5,10-13,15-16H2,1-4H3,(H,26,29). The number of aromatic nitrogens is 1. The molecule has 0 unspecified atom stereocenters. The minimum Gasteiger partial charge on any atom is -0.497 e. The first-order valence-corrected chi connectivity index (χ1v) is 10.8. The molecule has 1 aromatic heterocycles. The summed E-state index contributed by atoms with van der Waals surface area (Å²) in [5.74, 6) is 1.75. The van der Waals surface area contributed by atoms with Gasteiger partial charge in [0.15, 0.2) is 0 Å². The molecule has 0 saturated carbocycles. The molecule has 0 spiro atoms. The number of amides is 1. The molecule has 7 heteroatoms. The molecule has 1 aromatic carbocycles. The van der Waals surface area contributed by atoms with Crippen LogP contribution in [0, 0.1) is 31.1 Å². The van der Waals surface area contributed by atoms with Crippen molar-refractivity contribution in [3.05, 3.63) is 41.1 Å². The smallest absolute Gasteiger partial charge is 0.239 e. The van der Waals surface area contributed by atoms with Crippen molar-refractivity contribution in [2.24, 2.45) is 5.92 Å². The van der Waals surface area contributed by atoms with Crippen molar-refractivity contribution in [3.8, 4) is 17.5 Å². The second-order valence-electron chi connectivity index (χ2n) is 8.01. The van der Waals surface area contributed by atoms with Crippen LogP contribution in [0.3, 0.4) is 0 Å². The fraction of sp³-hybridized carbons (Fsp3) is 0.500. The van der Waals surface area contributed by atoms with Gasteiger partial charge >= 0.3 is 0 Å². The number of anilines is 1. The van der Waals surface area contributed by atoms with Crippen LogP contribution >= 0.6 is 0 Å². The zero-order valence-electron chi connectivity index (χ0n) is 18.9. The number of hydrogen-bond acceptors (Lipinski definition) is 5. The van der Waals surface area contributed by atoms with Crippen LogP contribution in [-0.4, -0.2) is 55.3 Å². The van der Waals surface area contributed by atoms with Crippen LogP contribution in [0.4, 0.5) is 5.82 Å². The molecule has 1 aliphatic rings. The number of hydrogen-bond donors (Lipinski definition) is 1. The van der Waals surface area contributed by atoms with Gasteiger partial charge in [0, 0.05) is 24.6 Å². The van der Waals surface area contributed by atoms with Gasteiger partial charge in [-0.15, -0.1) is 0 Å². The molecular formula is C24H32N4O3. The Kier molecular flexibility index (Phi) is 7.72. The SMILES string of the molecule is CCOCC1CCN(CC(=O)Nc2c(C#N)c(C)c(C)n2-c2ccc(OC)cc2)CC1. The van der Waals surface area contributed by atoms with Crippen LogP contribution in [0.2, 0.25) is 0 Å². The van der Waals surface area contributed by atoms with Crippen molar-refractivity contribution in [3.63, 3.8) is 0 Å². The molecule has 1 amide bonds. The summed E-state index contributed by atoms with van der Waals surface area (Å²) in [5, 5.41) is 12.8. The Morgan fingerprint density at radius 3 is 2.48 bits per heavy atom. The molecule has 2 heterocycles. The number of ether oxygens (including phenoxy) is 2. The van der Waals surface area contributed by atoms with Crippen molar-refractivity contribution in [1.29, 1.82) is 5.26 Å². The molecule has 166 valence electrons. The third-order valence-corrected chi connectivity index (χ3v) is 6.05. The lowest BCUT2D eigenvalue weighted by Gasteiger charge is -2.31. The first kappa shape index (κ1) is 22.9. The molecule has 7 nitrogen and oxygen atoms in total.